The van der Waals surface area contributed by atoms with Gasteiger partial charge >= 0.3 is 0 Å². The molecule has 0 atom stereocenters. The highest BCUT2D eigenvalue weighted by Crippen LogP contribution is 2.23. The summed E-state index contributed by atoms with van der Waals surface area (Å²) in [5, 5.41) is 7.49. The number of benzene rings is 1. The lowest BCUT2D eigenvalue weighted by atomic mass is 10.2. The Labute approximate surface area is 144 Å². The average Bonchev–Trinajstić information content (AvgIpc) is 3.22. The molecular formula is C17H17ClN4O2. The van der Waals surface area contributed by atoms with Gasteiger partial charge in [-0.2, -0.15) is 4.98 Å². The van der Waals surface area contributed by atoms with E-state index in [9.17, 15) is 4.79 Å². The van der Waals surface area contributed by atoms with Crippen LogP contribution in [0.3, 0.4) is 0 Å². The number of carbonyl (C=O) groups is 1. The molecule has 0 radical (unpaired) electrons. The molecular weight excluding hydrogens is 328 g/mol. The minimum atomic E-state index is -0.0493. The Kier molecular flexibility index (Phi) is 4.96. The van der Waals surface area contributed by atoms with Crippen molar-refractivity contribution in [2.45, 2.75) is 19.9 Å². The predicted molar refractivity (Wildman–Crippen MR) is 91.5 cm³/mol. The summed E-state index contributed by atoms with van der Waals surface area (Å²) in [6, 6.07) is 10.9. The van der Waals surface area contributed by atoms with E-state index in [1.54, 1.807) is 16.7 Å². The van der Waals surface area contributed by atoms with Gasteiger partial charge in [-0.05, 0) is 42.8 Å². The summed E-state index contributed by atoms with van der Waals surface area (Å²) in [4.78, 5) is 16.3. The molecule has 2 heterocycles. The molecule has 0 saturated carbocycles. The smallest absolute Gasteiger partial charge is 0.274 e. The van der Waals surface area contributed by atoms with Crippen molar-refractivity contribution in [1.29, 1.82) is 0 Å². The molecule has 0 saturated heterocycles. The molecule has 3 aromatic rings. The van der Waals surface area contributed by atoms with E-state index in [2.05, 4.69) is 15.5 Å². The first-order valence-electron chi connectivity index (χ1n) is 7.69. The van der Waals surface area contributed by atoms with Gasteiger partial charge in [0.25, 0.3) is 5.89 Å². The Morgan fingerprint density at radius 3 is 2.83 bits per heavy atom. The first-order chi connectivity index (χ1) is 11.7. The van der Waals surface area contributed by atoms with E-state index >= 15 is 0 Å². The molecule has 1 aromatic carbocycles. The second-order valence-electron chi connectivity index (χ2n) is 5.30. The number of nitrogens with zero attached hydrogens (tertiary/aromatic N) is 3. The van der Waals surface area contributed by atoms with Crippen LogP contribution >= 0.6 is 11.6 Å². The number of rotatable bonds is 6. The molecule has 0 spiro atoms. The molecule has 0 bridgehead atoms. The molecule has 0 unspecified atom stereocenters. The molecule has 0 aliphatic heterocycles. The minimum absolute atomic E-state index is 0.0493. The van der Waals surface area contributed by atoms with Crippen molar-refractivity contribution in [3.63, 3.8) is 0 Å². The molecule has 1 amide bonds. The predicted octanol–water partition coefficient (Wildman–Crippen LogP) is 3.38. The van der Waals surface area contributed by atoms with Gasteiger partial charge in [0.2, 0.25) is 11.7 Å². The number of aromatic nitrogens is 3. The van der Waals surface area contributed by atoms with Crippen LogP contribution in [0.25, 0.3) is 23.0 Å². The van der Waals surface area contributed by atoms with Gasteiger partial charge in [-0.1, -0.05) is 23.7 Å². The third kappa shape index (κ3) is 3.65. The van der Waals surface area contributed by atoms with E-state index in [1.807, 2.05) is 37.4 Å². The minimum Gasteiger partial charge on any atom is -0.355 e. The maximum atomic E-state index is 11.9. The summed E-state index contributed by atoms with van der Waals surface area (Å²) in [6.45, 7) is 2.88. The molecule has 2 aromatic heterocycles. The number of hydrogen-bond donors (Lipinski definition) is 1. The highest BCUT2D eigenvalue weighted by molar-refractivity contribution is 6.30. The number of amides is 1. The number of nitrogens with one attached hydrogen (secondary N) is 1. The second kappa shape index (κ2) is 7.31. The van der Waals surface area contributed by atoms with Crippen molar-refractivity contribution in [1.82, 2.24) is 20.0 Å². The van der Waals surface area contributed by atoms with Crippen molar-refractivity contribution in [3.8, 4) is 23.0 Å². The van der Waals surface area contributed by atoms with Crippen molar-refractivity contribution in [2.75, 3.05) is 6.54 Å². The lowest BCUT2D eigenvalue weighted by Gasteiger charge is -2.06. The molecule has 24 heavy (non-hydrogen) atoms. The summed E-state index contributed by atoms with van der Waals surface area (Å²) in [7, 11) is 0. The largest absolute Gasteiger partial charge is 0.355 e. The van der Waals surface area contributed by atoms with E-state index in [0.717, 1.165) is 12.0 Å². The number of carbonyl (C=O) groups excluding carboxylic acids is 1. The Morgan fingerprint density at radius 1 is 1.29 bits per heavy atom. The standard InChI is InChI=1S/C17H17ClN4O2/c1-2-9-19-15(23)11-22-10-3-4-14(22)17-20-16(21-24-17)12-5-7-13(18)8-6-12/h3-8,10H,2,9,11H2,1H3,(H,19,23). The maximum absolute atomic E-state index is 11.9. The highest BCUT2D eigenvalue weighted by atomic mass is 35.5. The molecule has 0 aliphatic rings. The molecule has 124 valence electrons. The van der Waals surface area contributed by atoms with Gasteiger partial charge in [-0.25, -0.2) is 0 Å². The maximum Gasteiger partial charge on any atom is 0.274 e. The van der Waals surface area contributed by atoms with Crippen LogP contribution in [-0.2, 0) is 11.3 Å². The van der Waals surface area contributed by atoms with E-state index in [0.29, 0.717) is 29.0 Å². The molecule has 0 aliphatic carbocycles. The number of hydrogen-bond acceptors (Lipinski definition) is 4. The summed E-state index contributed by atoms with van der Waals surface area (Å²) in [5.74, 6) is 0.796. The fourth-order valence-electron chi connectivity index (χ4n) is 2.26. The van der Waals surface area contributed by atoms with Crippen LogP contribution in [0.1, 0.15) is 13.3 Å². The van der Waals surface area contributed by atoms with Crippen LogP contribution in [0, 0.1) is 0 Å². The van der Waals surface area contributed by atoms with Crippen LogP contribution in [0.2, 0.25) is 5.02 Å². The molecule has 1 N–H and O–H groups in total. The first-order valence-corrected chi connectivity index (χ1v) is 8.07. The third-order valence-corrected chi connectivity index (χ3v) is 3.72. The van der Waals surface area contributed by atoms with E-state index in [4.69, 9.17) is 16.1 Å². The quantitative estimate of drug-likeness (QED) is 0.744. The Balaban J connectivity index is 1.80. The molecule has 6 nitrogen and oxygen atoms in total. The van der Waals surface area contributed by atoms with Crippen molar-refractivity contribution in [3.05, 3.63) is 47.6 Å². The SMILES string of the molecule is CCCNC(=O)Cn1cccc1-c1nc(-c2ccc(Cl)cc2)no1. The summed E-state index contributed by atoms with van der Waals surface area (Å²) in [5.41, 5.74) is 1.52. The van der Waals surface area contributed by atoms with E-state index < -0.39 is 0 Å². The van der Waals surface area contributed by atoms with Crippen molar-refractivity contribution >= 4 is 17.5 Å². The fraction of sp³-hybridized carbons (Fsp3) is 0.235. The molecule has 3 rings (SSSR count). The first kappa shape index (κ1) is 16.3. The summed E-state index contributed by atoms with van der Waals surface area (Å²) >= 11 is 5.89. The van der Waals surface area contributed by atoms with Gasteiger partial charge < -0.3 is 14.4 Å². The van der Waals surface area contributed by atoms with Gasteiger partial charge in [-0.3, -0.25) is 4.79 Å². The second-order valence-corrected chi connectivity index (χ2v) is 5.74. The topological polar surface area (TPSA) is 73.0 Å². The summed E-state index contributed by atoms with van der Waals surface area (Å²) < 4.78 is 7.13. The van der Waals surface area contributed by atoms with Crippen LogP contribution in [0.15, 0.2) is 47.1 Å². The monoisotopic (exact) mass is 344 g/mol. The molecule has 7 heteroatoms. The highest BCUT2D eigenvalue weighted by Gasteiger charge is 2.15. The third-order valence-electron chi connectivity index (χ3n) is 3.46. The number of halogens is 1. The van der Waals surface area contributed by atoms with Crippen LogP contribution < -0.4 is 5.32 Å². The van der Waals surface area contributed by atoms with Crippen LogP contribution in [-0.4, -0.2) is 27.2 Å². The lowest BCUT2D eigenvalue weighted by molar-refractivity contribution is -0.121. The van der Waals surface area contributed by atoms with Gasteiger partial charge in [0.05, 0.1) is 0 Å². The van der Waals surface area contributed by atoms with Gasteiger partial charge in [0.15, 0.2) is 0 Å². The zero-order chi connectivity index (χ0) is 16.9. The van der Waals surface area contributed by atoms with Crippen LogP contribution in [0.4, 0.5) is 0 Å². The zero-order valence-corrected chi connectivity index (χ0v) is 14.0. The normalized spacial score (nSPS) is 10.8. The molecule has 0 fully saturated rings. The van der Waals surface area contributed by atoms with Crippen molar-refractivity contribution in [2.24, 2.45) is 0 Å². The van der Waals surface area contributed by atoms with Gasteiger partial charge in [0.1, 0.15) is 12.2 Å². The summed E-state index contributed by atoms with van der Waals surface area (Å²) in [6.07, 6.45) is 2.71. The van der Waals surface area contributed by atoms with E-state index in [-0.39, 0.29) is 12.5 Å². The fourth-order valence-corrected chi connectivity index (χ4v) is 2.39. The van der Waals surface area contributed by atoms with Gasteiger partial charge in [0, 0.05) is 23.3 Å². The van der Waals surface area contributed by atoms with Crippen LogP contribution in [0.5, 0.6) is 0 Å². The zero-order valence-electron chi connectivity index (χ0n) is 13.2. The van der Waals surface area contributed by atoms with Gasteiger partial charge in [-0.15, -0.1) is 0 Å². The Morgan fingerprint density at radius 2 is 2.08 bits per heavy atom. The Bertz CT molecular complexity index is 823. The van der Waals surface area contributed by atoms with E-state index in [1.165, 1.54) is 0 Å². The van der Waals surface area contributed by atoms with Crippen molar-refractivity contribution < 1.29 is 9.32 Å². The average molecular weight is 345 g/mol. The lowest BCUT2D eigenvalue weighted by Crippen LogP contribution is -2.28. The Hall–Kier alpha value is -2.60.